The van der Waals surface area contributed by atoms with Crippen LogP contribution in [0.3, 0.4) is 0 Å². The third-order valence-corrected chi connectivity index (χ3v) is 3.82. The summed E-state index contributed by atoms with van der Waals surface area (Å²) < 4.78 is 0. The zero-order chi connectivity index (χ0) is 12.2. The molecule has 1 rings (SSSR count). The van der Waals surface area contributed by atoms with E-state index in [1.54, 1.807) is 0 Å². The molecule has 1 aliphatic carbocycles. The van der Waals surface area contributed by atoms with Gasteiger partial charge >= 0.3 is 0 Å². The van der Waals surface area contributed by atoms with E-state index in [1.165, 1.54) is 0 Å². The van der Waals surface area contributed by atoms with Gasteiger partial charge in [0.05, 0.1) is 5.54 Å². The van der Waals surface area contributed by atoms with Crippen LogP contribution in [0.2, 0.25) is 0 Å². The largest absolute Gasteiger partial charge is 0.341 e. The minimum Gasteiger partial charge on any atom is -0.341 e. The van der Waals surface area contributed by atoms with Crippen LogP contribution in [-0.2, 0) is 4.79 Å². The van der Waals surface area contributed by atoms with E-state index in [4.69, 9.17) is 5.73 Å². The maximum Gasteiger partial charge on any atom is 0.242 e. The van der Waals surface area contributed by atoms with Gasteiger partial charge in [0, 0.05) is 13.1 Å². The van der Waals surface area contributed by atoms with E-state index < -0.39 is 5.54 Å². The molecule has 1 aliphatic rings. The molecule has 1 unspecified atom stereocenters. The average Bonchev–Trinajstić information content (AvgIpc) is 2.73. The van der Waals surface area contributed by atoms with Crippen molar-refractivity contribution in [3.8, 4) is 0 Å². The van der Waals surface area contributed by atoms with E-state index in [9.17, 15) is 4.79 Å². The molecular formula is C13H26N2O. The number of rotatable bonds is 5. The number of carbonyl (C=O) groups excluding carboxylic acids is 1. The van der Waals surface area contributed by atoms with E-state index in [1.807, 2.05) is 11.8 Å². The maximum atomic E-state index is 12.4. The Kier molecular flexibility index (Phi) is 4.78. The van der Waals surface area contributed by atoms with E-state index in [2.05, 4.69) is 13.8 Å². The van der Waals surface area contributed by atoms with Gasteiger partial charge in [0.15, 0.2) is 0 Å². The zero-order valence-electron chi connectivity index (χ0n) is 11.0. The Labute approximate surface area is 99.4 Å². The second kappa shape index (κ2) is 5.67. The Morgan fingerprint density at radius 3 is 2.38 bits per heavy atom. The number of likely N-dealkylation sites (N-methyl/N-ethyl adjacent to an activating group) is 1. The highest BCUT2D eigenvalue weighted by Crippen LogP contribution is 2.29. The van der Waals surface area contributed by atoms with Crippen molar-refractivity contribution in [2.75, 3.05) is 13.1 Å². The molecule has 1 fully saturated rings. The number of nitrogens with zero attached hydrogens (tertiary/aromatic N) is 1. The van der Waals surface area contributed by atoms with Crippen molar-refractivity contribution in [2.24, 2.45) is 11.7 Å². The van der Waals surface area contributed by atoms with Gasteiger partial charge in [-0.2, -0.15) is 0 Å². The third kappa shape index (κ3) is 2.97. The van der Waals surface area contributed by atoms with Crippen LogP contribution in [0.5, 0.6) is 0 Å². The molecule has 3 heteroatoms. The van der Waals surface area contributed by atoms with Gasteiger partial charge in [-0.3, -0.25) is 4.79 Å². The lowest BCUT2D eigenvalue weighted by Crippen LogP contribution is -2.54. The standard InChI is InChI=1S/C13H26N2O/c1-4-11(3)10-15(5-2)12(16)13(14)8-6-7-9-13/h11H,4-10,14H2,1-3H3. The lowest BCUT2D eigenvalue weighted by Gasteiger charge is -2.32. The highest BCUT2D eigenvalue weighted by atomic mass is 16.2. The summed E-state index contributed by atoms with van der Waals surface area (Å²) in [5, 5.41) is 0. The first-order valence-electron chi connectivity index (χ1n) is 6.61. The summed E-state index contributed by atoms with van der Waals surface area (Å²) in [5.41, 5.74) is 5.65. The van der Waals surface area contributed by atoms with Gasteiger partial charge < -0.3 is 10.6 Å². The first-order valence-corrected chi connectivity index (χ1v) is 6.61. The average molecular weight is 226 g/mol. The molecule has 0 aromatic rings. The first-order chi connectivity index (χ1) is 7.53. The van der Waals surface area contributed by atoms with Crippen molar-refractivity contribution in [1.29, 1.82) is 0 Å². The monoisotopic (exact) mass is 226 g/mol. The fourth-order valence-corrected chi connectivity index (χ4v) is 2.40. The number of nitrogens with two attached hydrogens (primary N) is 1. The first kappa shape index (κ1) is 13.5. The summed E-state index contributed by atoms with van der Waals surface area (Å²) in [6, 6.07) is 0. The van der Waals surface area contributed by atoms with Gasteiger partial charge in [0.25, 0.3) is 0 Å². The molecule has 0 aromatic carbocycles. The fourth-order valence-electron chi connectivity index (χ4n) is 2.40. The molecule has 0 bridgehead atoms. The lowest BCUT2D eigenvalue weighted by atomic mass is 9.96. The van der Waals surface area contributed by atoms with Crippen LogP contribution in [0.1, 0.15) is 52.9 Å². The van der Waals surface area contributed by atoms with Crippen LogP contribution in [0.15, 0.2) is 0 Å². The molecule has 2 N–H and O–H groups in total. The maximum absolute atomic E-state index is 12.4. The molecule has 0 heterocycles. The van der Waals surface area contributed by atoms with Crippen LogP contribution in [0, 0.1) is 5.92 Å². The molecule has 94 valence electrons. The van der Waals surface area contributed by atoms with Crippen LogP contribution >= 0.6 is 0 Å². The summed E-state index contributed by atoms with van der Waals surface area (Å²) in [6.07, 6.45) is 5.04. The molecule has 0 saturated heterocycles. The van der Waals surface area contributed by atoms with Crippen molar-refractivity contribution in [3.63, 3.8) is 0 Å². The lowest BCUT2D eigenvalue weighted by molar-refractivity contribution is -0.137. The normalized spacial score (nSPS) is 20.8. The van der Waals surface area contributed by atoms with Gasteiger partial charge in [-0.05, 0) is 25.7 Å². The van der Waals surface area contributed by atoms with E-state index >= 15 is 0 Å². The molecule has 0 spiro atoms. The summed E-state index contributed by atoms with van der Waals surface area (Å²) in [4.78, 5) is 14.3. The van der Waals surface area contributed by atoms with Crippen molar-refractivity contribution in [2.45, 2.75) is 58.4 Å². The Balaban J connectivity index is 2.61. The summed E-state index contributed by atoms with van der Waals surface area (Å²) >= 11 is 0. The second-order valence-corrected chi connectivity index (χ2v) is 5.22. The topological polar surface area (TPSA) is 46.3 Å². The third-order valence-electron chi connectivity index (χ3n) is 3.82. The Morgan fingerprint density at radius 1 is 1.38 bits per heavy atom. The van der Waals surface area contributed by atoms with E-state index in [-0.39, 0.29) is 5.91 Å². The second-order valence-electron chi connectivity index (χ2n) is 5.22. The summed E-state index contributed by atoms with van der Waals surface area (Å²) in [7, 11) is 0. The molecule has 0 radical (unpaired) electrons. The minimum absolute atomic E-state index is 0.174. The molecule has 1 amide bonds. The molecule has 0 aliphatic heterocycles. The number of carbonyl (C=O) groups is 1. The predicted octanol–water partition coefficient (Wildman–Crippen LogP) is 2.15. The Morgan fingerprint density at radius 2 is 1.94 bits per heavy atom. The highest BCUT2D eigenvalue weighted by Gasteiger charge is 2.39. The van der Waals surface area contributed by atoms with E-state index in [0.717, 1.165) is 45.2 Å². The quantitative estimate of drug-likeness (QED) is 0.781. The Bertz CT molecular complexity index is 234. The van der Waals surface area contributed by atoms with Crippen molar-refractivity contribution in [1.82, 2.24) is 4.90 Å². The number of hydrogen-bond acceptors (Lipinski definition) is 2. The predicted molar refractivity (Wildman–Crippen MR) is 67.1 cm³/mol. The van der Waals surface area contributed by atoms with Crippen molar-refractivity contribution >= 4 is 5.91 Å². The van der Waals surface area contributed by atoms with Gasteiger partial charge in [0.1, 0.15) is 0 Å². The smallest absolute Gasteiger partial charge is 0.242 e. The Hall–Kier alpha value is -0.570. The van der Waals surface area contributed by atoms with Crippen LogP contribution in [0.25, 0.3) is 0 Å². The molecule has 3 nitrogen and oxygen atoms in total. The van der Waals surface area contributed by atoms with Crippen LogP contribution < -0.4 is 5.73 Å². The highest BCUT2D eigenvalue weighted by molar-refractivity contribution is 5.86. The zero-order valence-corrected chi connectivity index (χ0v) is 11.0. The SMILES string of the molecule is CCC(C)CN(CC)C(=O)C1(N)CCCC1. The van der Waals surface area contributed by atoms with Gasteiger partial charge in [-0.1, -0.05) is 33.1 Å². The van der Waals surface area contributed by atoms with Gasteiger partial charge in [0.2, 0.25) is 5.91 Å². The van der Waals surface area contributed by atoms with Crippen LogP contribution in [-0.4, -0.2) is 29.4 Å². The van der Waals surface area contributed by atoms with E-state index in [0.29, 0.717) is 5.92 Å². The summed E-state index contributed by atoms with van der Waals surface area (Å²) in [6.45, 7) is 8.02. The summed E-state index contributed by atoms with van der Waals surface area (Å²) in [5.74, 6) is 0.738. The van der Waals surface area contributed by atoms with Crippen LogP contribution in [0.4, 0.5) is 0 Å². The molecule has 1 saturated carbocycles. The van der Waals surface area contributed by atoms with Gasteiger partial charge in [-0.25, -0.2) is 0 Å². The van der Waals surface area contributed by atoms with Gasteiger partial charge in [-0.15, -0.1) is 0 Å². The molecule has 1 atom stereocenters. The number of hydrogen-bond donors (Lipinski definition) is 1. The molecular weight excluding hydrogens is 200 g/mol. The molecule has 0 aromatic heterocycles. The molecule has 16 heavy (non-hydrogen) atoms. The van der Waals surface area contributed by atoms with Crippen molar-refractivity contribution in [3.05, 3.63) is 0 Å². The van der Waals surface area contributed by atoms with Crippen molar-refractivity contribution < 1.29 is 4.79 Å². The fraction of sp³-hybridized carbons (Fsp3) is 0.923. The number of amides is 1. The minimum atomic E-state index is -0.552.